The molecule has 0 saturated heterocycles. The summed E-state index contributed by atoms with van der Waals surface area (Å²) in [6.07, 6.45) is 0.435. The number of hydrogen-bond donors (Lipinski definition) is 2. The number of methoxy groups -OCH3 is 2. The lowest BCUT2D eigenvalue weighted by Gasteiger charge is -2.14. The van der Waals surface area contributed by atoms with Crippen LogP contribution in [0.25, 0.3) is 0 Å². The highest BCUT2D eigenvalue weighted by Crippen LogP contribution is 2.27. The van der Waals surface area contributed by atoms with Gasteiger partial charge in [-0.1, -0.05) is 36.4 Å². The highest BCUT2D eigenvalue weighted by molar-refractivity contribution is 5.76. The lowest BCUT2D eigenvalue weighted by Crippen LogP contribution is -2.29. The van der Waals surface area contributed by atoms with Crippen LogP contribution in [0.4, 0.5) is 0 Å². The van der Waals surface area contributed by atoms with Crippen LogP contribution in [-0.4, -0.2) is 26.7 Å². The van der Waals surface area contributed by atoms with Crippen LogP contribution >= 0.6 is 0 Å². The molecule has 1 atom stereocenters. The Kier molecular flexibility index (Phi) is 7.29. The lowest BCUT2D eigenvalue weighted by atomic mass is 10.1. The Morgan fingerprint density at radius 2 is 1.76 bits per heavy atom. The average Bonchev–Trinajstić information content (AvgIpc) is 2.65. The minimum Gasteiger partial charge on any atom is -0.493 e. The third-order valence-electron chi connectivity index (χ3n) is 3.98. The van der Waals surface area contributed by atoms with Crippen molar-refractivity contribution in [3.05, 3.63) is 59.7 Å². The molecular formula is C20H26N2O3. The van der Waals surface area contributed by atoms with Crippen molar-refractivity contribution in [1.82, 2.24) is 10.6 Å². The fourth-order valence-corrected chi connectivity index (χ4v) is 2.56. The molecule has 2 aromatic carbocycles. The monoisotopic (exact) mass is 342 g/mol. The van der Waals surface area contributed by atoms with Gasteiger partial charge in [0.15, 0.2) is 11.5 Å². The molecule has 134 valence electrons. The van der Waals surface area contributed by atoms with Gasteiger partial charge < -0.3 is 20.1 Å². The molecule has 5 heteroatoms. The second-order valence-electron chi connectivity index (χ2n) is 5.82. The summed E-state index contributed by atoms with van der Waals surface area (Å²) in [7, 11) is 3.23. The number of hydrogen-bond acceptors (Lipinski definition) is 4. The maximum absolute atomic E-state index is 12.0. The molecule has 25 heavy (non-hydrogen) atoms. The van der Waals surface area contributed by atoms with Crippen LogP contribution in [0.5, 0.6) is 11.5 Å². The summed E-state index contributed by atoms with van der Waals surface area (Å²) < 4.78 is 10.5. The molecule has 0 spiro atoms. The second kappa shape index (κ2) is 9.69. The smallest absolute Gasteiger partial charge is 0.221 e. The quantitative estimate of drug-likeness (QED) is 0.688. The second-order valence-corrected chi connectivity index (χ2v) is 5.82. The van der Waals surface area contributed by atoms with Crippen molar-refractivity contribution >= 4 is 5.91 Å². The van der Waals surface area contributed by atoms with Crippen LogP contribution in [-0.2, 0) is 11.3 Å². The number of benzene rings is 2. The largest absolute Gasteiger partial charge is 0.493 e. The van der Waals surface area contributed by atoms with E-state index in [1.807, 2.05) is 55.5 Å². The van der Waals surface area contributed by atoms with E-state index in [9.17, 15) is 4.79 Å². The van der Waals surface area contributed by atoms with Gasteiger partial charge in [0.2, 0.25) is 5.91 Å². The molecule has 1 unspecified atom stereocenters. The average molecular weight is 342 g/mol. The highest BCUT2D eigenvalue weighted by atomic mass is 16.5. The highest BCUT2D eigenvalue weighted by Gasteiger charge is 2.09. The van der Waals surface area contributed by atoms with E-state index in [1.165, 1.54) is 0 Å². The van der Waals surface area contributed by atoms with E-state index in [4.69, 9.17) is 9.47 Å². The van der Waals surface area contributed by atoms with Crippen molar-refractivity contribution in [2.24, 2.45) is 0 Å². The summed E-state index contributed by atoms with van der Waals surface area (Å²) >= 11 is 0. The Bertz CT molecular complexity index is 674. The summed E-state index contributed by atoms with van der Waals surface area (Å²) in [5.41, 5.74) is 2.19. The molecule has 5 nitrogen and oxygen atoms in total. The number of ether oxygens (including phenoxy) is 2. The molecule has 0 bridgehead atoms. The molecule has 0 aliphatic carbocycles. The van der Waals surface area contributed by atoms with Gasteiger partial charge in [-0.3, -0.25) is 4.79 Å². The maximum atomic E-state index is 12.0. The Morgan fingerprint density at radius 1 is 1.04 bits per heavy atom. The Labute approximate surface area is 149 Å². The lowest BCUT2D eigenvalue weighted by molar-refractivity contribution is -0.121. The van der Waals surface area contributed by atoms with Crippen molar-refractivity contribution in [2.75, 3.05) is 20.8 Å². The zero-order valence-corrected chi connectivity index (χ0v) is 15.0. The van der Waals surface area contributed by atoms with Crippen molar-refractivity contribution in [3.63, 3.8) is 0 Å². The number of rotatable bonds is 9. The van der Waals surface area contributed by atoms with Gasteiger partial charge in [-0.15, -0.1) is 0 Å². The molecule has 0 saturated carbocycles. The number of nitrogens with one attached hydrogen (secondary N) is 2. The summed E-state index contributed by atoms with van der Waals surface area (Å²) in [6.45, 7) is 3.27. The standard InChI is InChI=1S/C20H26N2O3/c1-15(17-7-5-4-6-8-17)22-20(23)11-12-21-14-16-9-10-18(24-2)19(13-16)25-3/h4-10,13,15,21H,11-12,14H2,1-3H3,(H,22,23). The van der Waals surface area contributed by atoms with E-state index in [0.717, 1.165) is 11.1 Å². The van der Waals surface area contributed by atoms with Gasteiger partial charge >= 0.3 is 0 Å². The number of carbonyl (C=O) groups is 1. The van der Waals surface area contributed by atoms with Crippen LogP contribution in [0.3, 0.4) is 0 Å². The normalized spacial score (nSPS) is 11.6. The fourth-order valence-electron chi connectivity index (χ4n) is 2.56. The first-order valence-corrected chi connectivity index (χ1v) is 8.40. The van der Waals surface area contributed by atoms with Gasteiger partial charge in [0, 0.05) is 19.5 Å². The molecule has 0 radical (unpaired) electrons. The maximum Gasteiger partial charge on any atom is 0.221 e. The minimum absolute atomic E-state index is 0.0135. The SMILES string of the molecule is COc1ccc(CNCCC(=O)NC(C)c2ccccc2)cc1OC. The van der Waals surface area contributed by atoms with Crippen LogP contribution < -0.4 is 20.1 Å². The summed E-state index contributed by atoms with van der Waals surface area (Å²) in [6, 6.07) is 15.8. The summed E-state index contributed by atoms with van der Waals surface area (Å²) in [5.74, 6) is 1.45. The van der Waals surface area contributed by atoms with Gasteiger partial charge in [-0.2, -0.15) is 0 Å². The van der Waals surface area contributed by atoms with Gasteiger partial charge in [-0.05, 0) is 30.2 Å². The predicted octanol–water partition coefficient (Wildman–Crippen LogP) is 3.06. The van der Waals surface area contributed by atoms with E-state index in [2.05, 4.69) is 10.6 Å². The zero-order chi connectivity index (χ0) is 18.1. The molecule has 0 aliphatic rings. The number of amides is 1. The molecule has 0 aliphatic heterocycles. The summed E-state index contributed by atoms with van der Waals surface area (Å²) in [5, 5.41) is 6.29. The first-order chi connectivity index (χ1) is 12.1. The Hall–Kier alpha value is -2.53. The Morgan fingerprint density at radius 3 is 2.44 bits per heavy atom. The van der Waals surface area contributed by atoms with E-state index in [0.29, 0.717) is 31.0 Å². The molecular weight excluding hydrogens is 316 g/mol. The van der Waals surface area contributed by atoms with Crippen molar-refractivity contribution in [1.29, 1.82) is 0 Å². The van der Waals surface area contributed by atoms with Crippen molar-refractivity contribution in [3.8, 4) is 11.5 Å². The van der Waals surface area contributed by atoms with Gasteiger partial charge in [0.25, 0.3) is 0 Å². The molecule has 2 rings (SSSR count). The van der Waals surface area contributed by atoms with Crippen LogP contribution in [0.2, 0.25) is 0 Å². The van der Waals surface area contributed by atoms with Gasteiger partial charge in [0.05, 0.1) is 20.3 Å². The first kappa shape index (κ1) is 18.8. The summed E-state index contributed by atoms with van der Waals surface area (Å²) in [4.78, 5) is 12.0. The van der Waals surface area contributed by atoms with Gasteiger partial charge in [0.1, 0.15) is 0 Å². The van der Waals surface area contributed by atoms with Crippen LogP contribution in [0, 0.1) is 0 Å². The van der Waals surface area contributed by atoms with Crippen molar-refractivity contribution in [2.45, 2.75) is 25.9 Å². The molecule has 0 aromatic heterocycles. The van der Waals surface area contributed by atoms with Crippen LogP contribution in [0.1, 0.15) is 30.5 Å². The molecule has 0 heterocycles. The number of carbonyl (C=O) groups excluding carboxylic acids is 1. The van der Waals surface area contributed by atoms with E-state index in [1.54, 1.807) is 14.2 Å². The Balaban J connectivity index is 1.73. The van der Waals surface area contributed by atoms with Gasteiger partial charge in [-0.25, -0.2) is 0 Å². The first-order valence-electron chi connectivity index (χ1n) is 8.40. The predicted molar refractivity (Wildman–Crippen MR) is 98.9 cm³/mol. The fraction of sp³-hybridized carbons (Fsp3) is 0.350. The third kappa shape index (κ3) is 5.80. The topological polar surface area (TPSA) is 59.6 Å². The van der Waals surface area contributed by atoms with Crippen LogP contribution in [0.15, 0.2) is 48.5 Å². The van der Waals surface area contributed by atoms with E-state index in [-0.39, 0.29) is 11.9 Å². The molecule has 2 aromatic rings. The van der Waals surface area contributed by atoms with E-state index < -0.39 is 0 Å². The van der Waals surface area contributed by atoms with Crippen molar-refractivity contribution < 1.29 is 14.3 Å². The molecule has 0 fully saturated rings. The molecule has 2 N–H and O–H groups in total. The third-order valence-corrected chi connectivity index (χ3v) is 3.98. The zero-order valence-electron chi connectivity index (χ0n) is 15.0. The molecule has 1 amide bonds. The minimum atomic E-state index is 0.0135. The van der Waals surface area contributed by atoms with E-state index >= 15 is 0 Å².